The Morgan fingerprint density at radius 3 is 2.50 bits per heavy atom. The first-order valence-electron chi connectivity index (χ1n) is 6.47. The third kappa shape index (κ3) is 3.31. The predicted octanol–water partition coefficient (Wildman–Crippen LogP) is 4.08. The lowest BCUT2D eigenvalue weighted by Crippen LogP contribution is -2.06. The van der Waals surface area contributed by atoms with Crippen molar-refractivity contribution in [3.05, 3.63) is 59.7 Å². The van der Waals surface area contributed by atoms with Gasteiger partial charge in [-0.2, -0.15) is 0 Å². The average molecular weight is 284 g/mol. The van der Waals surface area contributed by atoms with Crippen LogP contribution in [0.25, 0.3) is 11.1 Å². The van der Waals surface area contributed by atoms with E-state index in [9.17, 15) is 4.79 Å². The van der Waals surface area contributed by atoms with E-state index in [1.165, 1.54) is 5.56 Å². The summed E-state index contributed by atoms with van der Waals surface area (Å²) in [6.07, 6.45) is 0.775. The van der Waals surface area contributed by atoms with E-state index in [-0.39, 0.29) is 0 Å². The number of rotatable bonds is 5. The number of carboxylic acid groups (broad SMARTS) is 1. The largest absolute Gasteiger partial charge is 0.481 e. The molecule has 1 N–H and O–H groups in total. The van der Waals surface area contributed by atoms with Crippen molar-refractivity contribution >= 4 is 23.6 Å². The molecule has 0 saturated carbocycles. The molecular weight excluding hydrogens is 268 g/mol. The van der Waals surface area contributed by atoms with Gasteiger partial charge >= 0.3 is 5.97 Å². The highest BCUT2D eigenvalue weighted by Gasteiger charge is 2.13. The number of carboxylic acids is 1. The lowest BCUT2D eigenvalue weighted by Gasteiger charge is -2.08. The molecule has 0 aliphatic rings. The van der Waals surface area contributed by atoms with Crippen LogP contribution in [0.15, 0.2) is 48.5 Å². The van der Waals surface area contributed by atoms with E-state index in [0.717, 1.165) is 23.1 Å². The van der Waals surface area contributed by atoms with Crippen molar-refractivity contribution < 1.29 is 9.90 Å². The minimum Gasteiger partial charge on any atom is -0.481 e. The summed E-state index contributed by atoms with van der Waals surface area (Å²) in [5.41, 5.74) is 4.20. The first-order chi connectivity index (χ1) is 9.61. The zero-order valence-electron chi connectivity index (χ0n) is 11.2. The highest BCUT2D eigenvalue weighted by molar-refractivity contribution is 7.78. The third-order valence-corrected chi connectivity index (χ3v) is 3.53. The van der Waals surface area contributed by atoms with Gasteiger partial charge in [-0.3, -0.25) is 4.79 Å². The number of carbonyl (C=O) groups is 1. The normalized spacial score (nSPS) is 11.8. The molecule has 0 spiro atoms. The van der Waals surface area contributed by atoms with Gasteiger partial charge in [0.15, 0.2) is 0 Å². The number of benzene rings is 2. The Hall–Kier alpha value is -2.00. The lowest BCUT2D eigenvalue weighted by atomic mass is 9.97. The van der Waals surface area contributed by atoms with Crippen LogP contribution in [0.2, 0.25) is 0 Å². The number of thiocarbonyl (C=S) groups is 1. The summed E-state index contributed by atoms with van der Waals surface area (Å²) in [5, 5.41) is 10.7. The lowest BCUT2D eigenvalue weighted by molar-refractivity contribution is -0.138. The number of hydrogen-bond donors (Lipinski definition) is 1. The average Bonchev–Trinajstić information content (AvgIpc) is 2.47. The van der Waals surface area contributed by atoms with Gasteiger partial charge in [-0.05, 0) is 34.5 Å². The monoisotopic (exact) mass is 284 g/mol. The molecule has 0 aromatic heterocycles. The second-order valence-electron chi connectivity index (χ2n) is 4.75. The van der Waals surface area contributed by atoms with Crippen molar-refractivity contribution in [2.45, 2.75) is 19.3 Å². The second-order valence-corrected chi connectivity index (χ2v) is 5.09. The molecule has 0 bridgehead atoms. The maximum atomic E-state index is 11.0. The molecule has 102 valence electrons. The summed E-state index contributed by atoms with van der Waals surface area (Å²) < 4.78 is 0. The topological polar surface area (TPSA) is 37.3 Å². The molecule has 2 rings (SSSR count). The van der Waals surface area contributed by atoms with Gasteiger partial charge in [0.25, 0.3) is 0 Å². The minimum absolute atomic E-state index is 0.481. The smallest absolute Gasteiger partial charge is 0.310 e. The summed E-state index contributed by atoms with van der Waals surface area (Å²) in [4.78, 5) is 11.0. The number of hydrogen-bond acceptors (Lipinski definition) is 2. The van der Waals surface area contributed by atoms with E-state index in [0.29, 0.717) is 0 Å². The van der Waals surface area contributed by atoms with Crippen LogP contribution in [0.1, 0.15) is 24.0 Å². The summed E-state index contributed by atoms with van der Waals surface area (Å²) in [5.74, 6) is -1.29. The third-order valence-electron chi connectivity index (χ3n) is 3.36. The van der Waals surface area contributed by atoms with Gasteiger partial charge in [-0.1, -0.05) is 60.7 Å². The van der Waals surface area contributed by atoms with Crippen LogP contribution in [0.4, 0.5) is 0 Å². The highest BCUT2D eigenvalue weighted by atomic mass is 32.1. The van der Waals surface area contributed by atoms with E-state index in [2.05, 4.69) is 6.07 Å². The summed E-state index contributed by atoms with van der Waals surface area (Å²) in [6, 6.07) is 15.9. The molecule has 0 fully saturated rings. The van der Waals surface area contributed by atoms with Crippen LogP contribution in [0.5, 0.6) is 0 Å². The van der Waals surface area contributed by atoms with E-state index < -0.39 is 11.9 Å². The molecule has 2 aromatic carbocycles. The van der Waals surface area contributed by atoms with E-state index in [1.54, 1.807) is 12.3 Å². The maximum absolute atomic E-state index is 11.0. The van der Waals surface area contributed by atoms with Gasteiger partial charge in [0.05, 0.1) is 5.92 Å². The van der Waals surface area contributed by atoms with Crippen LogP contribution >= 0.6 is 12.2 Å². The Bertz CT molecular complexity index is 617. The minimum atomic E-state index is -0.805. The van der Waals surface area contributed by atoms with E-state index >= 15 is 0 Å². The first kappa shape index (κ1) is 14.4. The molecule has 1 atom stereocenters. The fourth-order valence-electron chi connectivity index (χ4n) is 2.08. The highest BCUT2D eigenvalue weighted by Crippen LogP contribution is 2.23. The molecule has 0 amide bonds. The van der Waals surface area contributed by atoms with Crippen molar-refractivity contribution in [2.75, 3.05) is 0 Å². The molecule has 0 heterocycles. The summed E-state index contributed by atoms with van der Waals surface area (Å²) in [6.45, 7) is 1.69. The van der Waals surface area contributed by atoms with Crippen LogP contribution in [0.3, 0.4) is 0 Å². The standard InChI is InChI=1S/C17H16O2S/c1-12(17(18)19)14-5-7-15(8-6-14)16-4-2-3-13(11-16)9-10-20/h2-8,10-12H,9H2,1H3,(H,18,19). The van der Waals surface area contributed by atoms with Crippen molar-refractivity contribution in [1.29, 1.82) is 0 Å². The van der Waals surface area contributed by atoms with Gasteiger partial charge in [0, 0.05) is 6.42 Å². The Morgan fingerprint density at radius 1 is 1.20 bits per heavy atom. The first-order valence-corrected chi connectivity index (χ1v) is 6.94. The quantitative estimate of drug-likeness (QED) is 0.840. The molecule has 2 nitrogen and oxygen atoms in total. The van der Waals surface area contributed by atoms with Crippen molar-refractivity contribution in [1.82, 2.24) is 0 Å². The molecule has 0 aliphatic carbocycles. The molecule has 20 heavy (non-hydrogen) atoms. The molecule has 0 radical (unpaired) electrons. The molecular formula is C17H16O2S. The van der Waals surface area contributed by atoms with Crippen molar-refractivity contribution in [3.63, 3.8) is 0 Å². The molecule has 2 aromatic rings. The fourth-order valence-corrected chi connectivity index (χ4v) is 2.27. The van der Waals surface area contributed by atoms with Crippen molar-refractivity contribution in [2.24, 2.45) is 0 Å². The zero-order valence-corrected chi connectivity index (χ0v) is 12.1. The predicted molar refractivity (Wildman–Crippen MR) is 85.3 cm³/mol. The maximum Gasteiger partial charge on any atom is 0.310 e. The van der Waals surface area contributed by atoms with Crippen LogP contribution in [-0.2, 0) is 11.2 Å². The summed E-state index contributed by atoms with van der Waals surface area (Å²) >= 11 is 4.88. The van der Waals surface area contributed by atoms with Crippen LogP contribution in [-0.4, -0.2) is 16.4 Å². The Kier molecular flexibility index (Phi) is 4.64. The van der Waals surface area contributed by atoms with Gasteiger partial charge in [-0.15, -0.1) is 0 Å². The van der Waals surface area contributed by atoms with Crippen molar-refractivity contribution in [3.8, 4) is 11.1 Å². The van der Waals surface area contributed by atoms with E-state index in [4.69, 9.17) is 17.3 Å². The Balaban J connectivity index is 2.27. The molecule has 0 saturated heterocycles. The SMILES string of the molecule is CC(C(=O)O)c1ccc(-c2cccc(CC=S)c2)cc1. The molecule has 1 unspecified atom stereocenters. The van der Waals surface area contributed by atoms with E-state index in [1.807, 2.05) is 42.5 Å². The molecule has 3 heteroatoms. The van der Waals surface area contributed by atoms with Gasteiger partial charge < -0.3 is 5.11 Å². The van der Waals surface area contributed by atoms with Gasteiger partial charge in [0.1, 0.15) is 0 Å². The van der Waals surface area contributed by atoms with Crippen LogP contribution < -0.4 is 0 Å². The number of aliphatic carboxylic acids is 1. The fraction of sp³-hybridized carbons (Fsp3) is 0.176. The molecule has 0 aliphatic heterocycles. The van der Waals surface area contributed by atoms with Gasteiger partial charge in [-0.25, -0.2) is 0 Å². The second kappa shape index (κ2) is 6.44. The van der Waals surface area contributed by atoms with Crippen LogP contribution in [0, 0.1) is 0 Å². The summed E-state index contributed by atoms with van der Waals surface area (Å²) in [7, 11) is 0. The zero-order chi connectivity index (χ0) is 14.5. The Morgan fingerprint density at radius 2 is 1.90 bits per heavy atom. The Labute approximate surface area is 124 Å². The van der Waals surface area contributed by atoms with Gasteiger partial charge in [0.2, 0.25) is 0 Å².